The summed E-state index contributed by atoms with van der Waals surface area (Å²) in [7, 11) is 0. The number of aliphatic hydroxyl groups excluding tert-OH is 1. The largest absolute Gasteiger partial charge is 0.459 e. The van der Waals surface area contributed by atoms with Gasteiger partial charge in [0.25, 0.3) is 5.56 Å². The van der Waals surface area contributed by atoms with Crippen molar-refractivity contribution in [3.63, 3.8) is 0 Å². The molecule has 26 heavy (non-hydrogen) atoms. The van der Waals surface area contributed by atoms with Gasteiger partial charge in [0, 0.05) is 12.6 Å². The summed E-state index contributed by atoms with van der Waals surface area (Å²) in [6.45, 7) is -0.175. The Hall–Kier alpha value is -3.15. The van der Waals surface area contributed by atoms with Crippen LogP contribution in [0.25, 0.3) is 0 Å². The minimum absolute atomic E-state index is 0.0263. The molecule has 0 amide bonds. The van der Waals surface area contributed by atoms with E-state index in [9.17, 15) is 19.5 Å². The first-order chi connectivity index (χ1) is 12.5. The Morgan fingerprint density at radius 1 is 1.38 bits per heavy atom. The van der Waals surface area contributed by atoms with Crippen LogP contribution in [0.4, 0.5) is 0 Å². The topological polar surface area (TPSA) is 111 Å². The number of aromatic amines is 1. The van der Waals surface area contributed by atoms with Crippen LogP contribution in [0.1, 0.15) is 28.6 Å². The molecule has 1 saturated heterocycles. The zero-order valence-corrected chi connectivity index (χ0v) is 13.6. The molecule has 8 heteroatoms. The molecule has 0 bridgehead atoms. The Morgan fingerprint density at radius 3 is 2.81 bits per heavy atom. The van der Waals surface area contributed by atoms with Crippen molar-refractivity contribution in [3.05, 3.63) is 68.5 Å². The lowest BCUT2D eigenvalue weighted by Crippen LogP contribution is -2.33. The van der Waals surface area contributed by atoms with Crippen LogP contribution < -0.4 is 11.2 Å². The number of carbonyl (C=O) groups excluding carboxylic acids is 1. The van der Waals surface area contributed by atoms with Gasteiger partial charge in [-0.25, -0.2) is 9.59 Å². The molecule has 3 rings (SSSR count). The van der Waals surface area contributed by atoms with Crippen molar-refractivity contribution in [1.29, 1.82) is 0 Å². The lowest BCUT2D eigenvalue weighted by atomic mass is 10.2. The minimum Gasteiger partial charge on any atom is -0.459 e. The van der Waals surface area contributed by atoms with Gasteiger partial charge in [-0.3, -0.25) is 14.3 Å². The molecule has 1 aromatic heterocycles. The Kier molecular flexibility index (Phi) is 5.02. The number of aromatic nitrogens is 2. The van der Waals surface area contributed by atoms with Crippen LogP contribution in [0.15, 0.2) is 46.1 Å². The first-order valence-electron chi connectivity index (χ1n) is 7.87. The number of hydrogen-bond acceptors (Lipinski definition) is 6. The third-order valence-corrected chi connectivity index (χ3v) is 4.03. The molecule has 1 fully saturated rings. The average molecular weight is 356 g/mol. The highest BCUT2D eigenvalue weighted by molar-refractivity contribution is 5.89. The summed E-state index contributed by atoms with van der Waals surface area (Å²) in [5.41, 5.74) is -1.01. The van der Waals surface area contributed by atoms with Gasteiger partial charge in [-0.1, -0.05) is 24.1 Å². The third kappa shape index (κ3) is 3.59. The highest BCUT2D eigenvalue weighted by atomic mass is 16.6. The van der Waals surface area contributed by atoms with Crippen molar-refractivity contribution in [2.75, 3.05) is 6.61 Å². The summed E-state index contributed by atoms with van der Waals surface area (Å²) in [6.07, 6.45) is 3.93. The molecule has 134 valence electrons. The Bertz CT molecular complexity index is 956. The molecular formula is C18H16N2O6. The van der Waals surface area contributed by atoms with E-state index in [2.05, 4.69) is 10.9 Å². The number of esters is 1. The number of ether oxygens (including phenoxy) is 2. The zero-order chi connectivity index (χ0) is 18.7. The van der Waals surface area contributed by atoms with Crippen LogP contribution in [0.5, 0.6) is 0 Å². The standard InChI is InChI=1S/C18H16N2O6/c1-2-11-9-20(18(24)19-16(11)22)15-8-13(21)14(26-15)10-25-17(23)12-6-4-3-5-7-12/h1,3-7,9,13-15,21H,8,10H2,(H,19,22,24)/t13?,14-,15-/m0/s1. The van der Waals surface area contributed by atoms with Crippen molar-refractivity contribution in [3.8, 4) is 12.3 Å². The number of hydrogen-bond donors (Lipinski definition) is 2. The molecular weight excluding hydrogens is 340 g/mol. The summed E-state index contributed by atoms with van der Waals surface area (Å²) < 4.78 is 11.9. The van der Waals surface area contributed by atoms with Gasteiger partial charge in [-0.2, -0.15) is 0 Å². The molecule has 0 radical (unpaired) electrons. The number of carbonyl (C=O) groups is 1. The van der Waals surface area contributed by atoms with Gasteiger partial charge in [0.2, 0.25) is 0 Å². The third-order valence-electron chi connectivity index (χ3n) is 4.03. The molecule has 2 N–H and O–H groups in total. The molecule has 0 aliphatic carbocycles. The zero-order valence-electron chi connectivity index (χ0n) is 13.6. The van der Waals surface area contributed by atoms with Gasteiger partial charge in [0.15, 0.2) is 0 Å². The minimum atomic E-state index is -0.948. The van der Waals surface area contributed by atoms with E-state index in [4.69, 9.17) is 15.9 Å². The summed E-state index contributed by atoms with van der Waals surface area (Å²) in [5, 5.41) is 10.1. The lowest BCUT2D eigenvalue weighted by Gasteiger charge is -2.16. The second kappa shape index (κ2) is 7.39. The van der Waals surface area contributed by atoms with E-state index in [1.54, 1.807) is 30.3 Å². The van der Waals surface area contributed by atoms with Crippen LogP contribution >= 0.6 is 0 Å². The number of benzene rings is 1. The summed E-state index contributed by atoms with van der Waals surface area (Å²) in [6, 6.07) is 8.41. The number of nitrogens with zero attached hydrogens (tertiary/aromatic N) is 1. The number of H-pyrrole nitrogens is 1. The maximum atomic E-state index is 12.0. The second-order valence-corrected chi connectivity index (χ2v) is 5.75. The first kappa shape index (κ1) is 17.7. The Morgan fingerprint density at radius 2 is 2.12 bits per heavy atom. The van der Waals surface area contributed by atoms with Crippen molar-refractivity contribution in [2.45, 2.75) is 24.9 Å². The average Bonchev–Trinajstić information content (AvgIpc) is 3.01. The lowest BCUT2D eigenvalue weighted by molar-refractivity contribution is -0.0532. The fraction of sp³-hybridized carbons (Fsp3) is 0.278. The van der Waals surface area contributed by atoms with Crippen molar-refractivity contribution < 1.29 is 19.4 Å². The number of aliphatic hydroxyl groups is 1. The Balaban J connectivity index is 1.69. The second-order valence-electron chi connectivity index (χ2n) is 5.75. The quantitative estimate of drug-likeness (QED) is 0.590. The molecule has 8 nitrogen and oxygen atoms in total. The van der Waals surface area contributed by atoms with Crippen LogP contribution in [0.2, 0.25) is 0 Å². The summed E-state index contributed by atoms with van der Waals surface area (Å²) >= 11 is 0. The molecule has 1 unspecified atom stereocenters. The highest BCUT2D eigenvalue weighted by Crippen LogP contribution is 2.28. The van der Waals surface area contributed by atoms with Gasteiger partial charge in [-0.15, -0.1) is 6.42 Å². The molecule has 2 aromatic rings. The van der Waals surface area contributed by atoms with Crippen molar-refractivity contribution >= 4 is 5.97 Å². The van der Waals surface area contributed by atoms with E-state index in [0.717, 1.165) is 4.57 Å². The Labute approximate surface area is 148 Å². The van der Waals surface area contributed by atoms with Crippen molar-refractivity contribution in [2.24, 2.45) is 0 Å². The van der Waals surface area contributed by atoms with E-state index in [0.29, 0.717) is 5.56 Å². The molecule has 0 spiro atoms. The van der Waals surface area contributed by atoms with Gasteiger partial charge >= 0.3 is 11.7 Å². The van der Waals surface area contributed by atoms with Crippen LogP contribution in [-0.4, -0.2) is 39.4 Å². The van der Waals surface area contributed by atoms with Crippen LogP contribution in [-0.2, 0) is 9.47 Å². The maximum Gasteiger partial charge on any atom is 0.338 e. The highest BCUT2D eigenvalue weighted by Gasteiger charge is 2.36. The fourth-order valence-electron chi connectivity index (χ4n) is 2.65. The molecule has 3 atom stereocenters. The van der Waals surface area contributed by atoms with Gasteiger partial charge in [0.05, 0.1) is 11.7 Å². The van der Waals surface area contributed by atoms with Gasteiger partial charge in [0.1, 0.15) is 24.5 Å². The van der Waals surface area contributed by atoms with Gasteiger partial charge in [-0.05, 0) is 12.1 Å². The van der Waals surface area contributed by atoms with E-state index in [1.807, 2.05) is 0 Å². The van der Waals surface area contributed by atoms with Crippen LogP contribution in [0.3, 0.4) is 0 Å². The first-order valence-corrected chi connectivity index (χ1v) is 7.87. The molecule has 1 aliphatic heterocycles. The number of rotatable bonds is 4. The molecule has 1 aromatic carbocycles. The van der Waals surface area contributed by atoms with Gasteiger partial charge < -0.3 is 14.6 Å². The number of nitrogens with one attached hydrogen (secondary N) is 1. The summed E-state index contributed by atoms with van der Waals surface area (Å²) in [4.78, 5) is 37.5. The monoisotopic (exact) mass is 356 g/mol. The maximum absolute atomic E-state index is 12.0. The smallest absolute Gasteiger partial charge is 0.338 e. The predicted octanol–water partition coefficient (Wildman–Crippen LogP) is 0.0233. The van der Waals surface area contributed by atoms with E-state index < -0.39 is 35.7 Å². The molecule has 2 heterocycles. The fourth-order valence-corrected chi connectivity index (χ4v) is 2.65. The van der Waals surface area contributed by atoms with E-state index in [-0.39, 0.29) is 18.6 Å². The molecule has 1 aliphatic rings. The van der Waals surface area contributed by atoms with Crippen molar-refractivity contribution in [1.82, 2.24) is 9.55 Å². The SMILES string of the molecule is C#Cc1cn([C@@H]2CC(O)[C@H](COC(=O)c3ccccc3)O2)c(=O)[nH]c1=O. The van der Waals surface area contributed by atoms with Crippen LogP contribution in [0, 0.1) is 12.3 Å². The van der Waals surface area contributed by atoms with E-state index in [1.165, 1.54) is 6.20 Å². The normalized spacial score (nSPS) is 21.9. The predicted molar refractivity (Wildman–Crippen MR) is 90.5 cm³/mol. The molecule has 0 saturated carbocycles. The number of terminal acetylenes is 1. The van der Waals surface area contributed by atoms with E-state index >= 15 is 0 Å². The summed E-state index contributed by atoms with van der Waals surface area (Å²) in [5.74, 6) is 1.64.